The second kappa shape index (κ2) is 5.00. The van der Waals surface area contributed by atoms with Crippen LogP contribution in [-0.2, 0) is 6.42 Å². The Morgan fingerprint density at radius 1 is 1.17 bits per heavy atom. The average Bonchev–Trinajstić information content (AvgIpc) is 2.67. The molecule has 0 aliphatic carbocycles. The second-order valence-electron chi connectivity index (χ2n) is 3.95. The number of methoxy groups -OCH3 is 2. The minimum absolute atomic E-state index is 0.192. The van der Waals surface area contributed by atoms with Crippen LogP contribution in [0, 0.1) is 6.92 Å². The largest absolute Gasteiger partial charge is 0.497 e. The number of nitrogen functional groups attached to an aromatic ring is 1. The van der Waals surface area contributed by atoms with Crippen LogP contribution in [0.15, 0.2) is 22.6 Å². The Bertz CT molecular complexity index is 527. The zero-order valence-electron chi connectivity index (χ0n) is 10.7. The number of aromatic nitrogens is 1. The first kappa shape index (κ1) is 12.3. The third kappa shape index (κ3) is 2.56. The lowest BCUT2D eigenvalue weighted by atomic mass is 10.1. The number of oxazole rings is 1. The third-order valence-electron chi connectivity index (χ3n) is 2.69. The highest BCUT2D eigenvalue weighted by atomic mass is 16.5. The SMILES string of the molecule is COc1cc(Cc2nc(N)oc2C)cc(OC)c1. The van der Waals surface area contributed by atoms with E-state index in [1.165, 1.54) is 0 Å². The van der Waals surface area contributed by atoms with Crippen molar-refractivity contribution in [2.75, 3.05) is 20.0 Å². The van der Waals surface area contributed by atoms with Gasteiger partial charge in [-0.15, -0.1) is 0 Å². The van der Waals surface area contributed by atoms with E-state index < -0.39 is 0 Å². The van der Waals surface area contributed by atoms with E-state index in [9.17, 15) is 0 Å². The van der Waals surface area contributed by atoms with Crippen molar-refractivity contribution in [3.63, 3.8) is 0 Å². The normalized spacial score (nSPS) is 10.4. The second-order valence-corrected chi connectivity index (χ2v) is 3.95. The molecule has 0 saturated heterocycles. The smallest absolute Gasteiger partial charge is 0.292 e. The highest BCUT2D eigenvalue weighted by molar-refractivity contribution is 5.40. The third-order valence-corrected chi connectivity index (χ3v) is 2.69. The molecule has 18 heavy (non-hydrogen) atoms. The van der Waals surface area contributed by atoms with Crippen LogP contribution < -0.4 is 15.2 Å². The number of nitrogens with two attached hydrogens (primary N) is 1. The number of hydrogen-bond donors (Lipinski definition) is 1. The van der Waals surface area contributed by atoms with Crippen LogP contribution in [-0.4, -0.2) is 19.2 Å². The van der Waals surface area contributed by atoms with Crippen molar-refractivity contribution in [1.82, 2.24) is 4.98 Å². The lowest BCUT2D eigenvalue weighted by molar-refractivity contribution is 0.393. The summed E-state index contributed by atoms with van der Waals surface area (Å²) in [6, 6.07) is 5.89. The van der Waals surface area contributed by atoms with E-state index in [2.05, 4.69) is 4.98 Å². The summed E-state index contributed by atoms with van der Waals surface area (Å²) >= 11 is 0. The molecular formula is C13H16N2O3. The van der Waals surface area contributed by atoms with E-state index in [1.807, 2.05) is 25.1 Å². The summed E-state index contributed by atoms with van der Waals surface area (Å²) in [7, 11) is 3.25. The molecule has 0 aliphatic heterocycles. The molecule has 0 aliphatic rings. The van der Waals surface area contributed by atoms with Crippen LogP contribution in [0.3, 0.4) is 0 Å². The summed E-state index contributed by atoms with van der Waals surface area (Å²) in [5.74, 6) is 2.23. The highest BCUT2D eigenvalue weighted by Crippen LogP contribution is 2.25. The van der Waals surface area contributed by atoms with Crippen molar-refractivity contribution in [3.05, 3.63) is 35.2 Å². The van der Waals surface area contributed by atoms with E-state index in [1.54, 1.807) is 14.2 Å². The molecule has 2 aromatic rings. The number of nitrogens with zero attached hydrogens (tertiary/aromatic N) is 1. The Balaban J connectivity index is 2.30. The Hall–Kier alpha value is -2.17. The van der Waals surface area contributed by atoms with Crippen molar-refractivity contribution < 1.29 is 13.9 Å². The van der Waals surface area contributed by atoms with Gasteiger partial charge in [0.1, 0.15) is 17.3 Å². The lowest BCUT2D eigenvalue weighted by Gasteiger charge is -2.07. The maximum absolute atomic E-state index is 5.52. The fraction of sp³-hybridized carbons (Fsp3) is 0.308. The molecule has 0 unspecified atom stereocenters. The van der Waals surface area contributed by atoms with Crippen LogP contribution in [0.25, 0.3) is 0 Å². The van der Waals surface area contributed by atoms with Gasteiger partial charge in [0.25, 0.3) is 6.01 Å². The Labute approximate surface area is 106 Å². The van der Waals surface area contributed by atoms with E-state index in [4.69, 9.17) is 19.6 Å². The highest BCUT2D eigenvalue weighted by Gasteiger charge is 2.10. The van der Waals surface area contributed by atoms with Crippen molar-refractivity contribution in [1.29, 1.82) is 0 Å². The maximum atomic E-state index is 5.52. The van der Waals surface area contributed by atoms with Crippen molar-refractivity contribution >= 4 is 6.01 Å². The van der Waals surface area contributed by atoms with Gasteiger partial charge in [-0.05, 0) is 24.6 Å². The summed E-state index contributed by atoms with van der Waals surface area (Å²) in [5, 5.41) is 0. The maximum Gasteiger partial charge on any atom is 0.292 e. The molecule has 2 N–H and O–H groups in total. The minimum atomic E-state index is 0.192. The molecule has 0 amide bonds. The number of anilines is 1. The summed E-state index contributed by atoms with van der Waals surface area (Å²) in [5.41, 5.74) is 7.37. The first-order chi connectivity index (χ1) is 8.62. The molecule has 0 radical (unpaired) electrons. The van der Waals surface area contributed by atoms with Gasteiger partial charge in [-0.2, -0.15) is 4.98 Å². The van der Waals surface area contributed by atoms with Crippen molar-refractivity contribution in [2.24, 2.45) is 0 Å². The van der Waals surface area contributed by atoms with Crippen LogP contribution >= 0.6 is 0 Å². The molecule has 5 heteroatoms. The molecule has 1 aromatic carbocycles. The first-order valence-corrected chi connectivity index (χ1v) is 5.56. The van der Waals surface area contributed by atoms with Crippen LogP contribution in [0.5, 0.6) is 11.5 Å². The zero-order valence-corrected chi connectivity index (χ0v) is 10.7. The first-order valence-electron chi connectivity index (χ1n) is 5.56. The fourth-order valence-electron chi connectivity index (χ4n) is 1.78. The number of benzene rings is 1. The Morgan fingerprint density at radius 3 is 2.22 bits per heavy atom. The summed E-state index contributed by atoms with van der Waals surface area (Å²) in [4.78, 5) is 4.15. The summed E-state index contributed by atoms with van der Waals surface area (Å²) in [6.45, 7) is 1.84. The van der Waals surface area contributed by atoms with Gasteiger partial charge in [0.15, 0.2) is 0 Å². The molecular weight excluding hydrogens is 232 g/mol. The van der Waals surface area contributed by atoms with Gasteiger partial charge < -0.3 is 19.6 Å². The molecule has 0 fully saturated rings. The van der Waals surface area contributed by atoms with Crippen LogP contribution in [0.1, 0.15) is 17.0 Å². The van der Waals surface area contributed by atoms with Crippen molar-refractivity contribution in [2.45, 2.75) is 13.3 Å². The fourth-order valence-corrected chi connectivity index (χ4v) is 1.78. The topological polar surface area (TPSA) is 70.5 Å². The van der Waals surface area contributed by atoms with E-state index in [0.717, 1.165) is 28.5 Å². The standard InChI is InChI=1S/C13H16N2O3/c1-8-12(15-13(14)18-8)6-9-4-10(16-2)7-11(5-9)17-3/h4-5,7H,6H2,1-3H3,(H2,14,15). The Kier molecular flexibility index (Phi) is 3.41. The van der Waals surface area contributed by atoms with Gasteiger partial charge in [0.2, 0.25) is 0 Å². The molecule has 5 nitrogen and oxygen atoms in total. The van der Waals surface area contributed by atoms with Gasteiger partial charge >= 0.3 is 0 Å². The van der Waals surface area contributed by atoms with E-state index in [-0.39, 0.29) is 6.01 Å². The minimum Gasteiger partial charge on any atom is -0.497 e. The molecule has 1 heterocycles. The molecule has 0 bridgehead atoms. The molecule has 96 valence electrons. The zero-order chi connectivity index (χ0) is 13.1. The molecule has 0 atom stereocenters. The van der Waals surface area contributed by atoms with Crippen LogP contribution in [0.4, 0.5) is 6.01 Å². The summed E-state index contributed by atoms with van der Waals surface area (Å²) < 4.78 is 15.6. The predicted molar refractivity (Wildman–Crippen MR) is 68.0 cm³/mol. The molecule has 1 aromatic heterocycles. The number of hydrogen-bond acceptors (Lipinski definition) is 5. The van der Waals surface area contributed by atoms with Crippen LogP contribution in [0.2, 0.25) is 0 Å². The van der Waals surface area contributed by atoms with E-state index in [0.29, 0.717) is 6.42 Å². The summed E-state index contributed by atoms with van der Waals surface area (Å²) in [6.07, 6.45) is 0.625. The average molecular weight is 248 g/mol. The molecule has 2 rings (SSSR count). The predicted octanol–water partition coefficient (Wildman–Crippen LogP) is 2.17. The molecule has 0 spiro atoms. The number of aryl methyl sites for hydroxylation is 1. The van der Waals surface area contributed by atoms with Gasteiger partial charge in [-0.1, -0.05) is 0 Å². The quantitative estimate of drug-likeness (QED) is 0.897. The number of ether oxygens (including phenoxy) is 2. The Morgan fingerprint density at radius 2 is 1.78 bits per heavy atom. The van der Waals surface area contributed by atoms with Gasteiger partial charge in [0, 0.05) is 12.5 Å². The van der Waals surface area contributed by atoms with Gasteiger partial charge in [-0.25, -0.2) is 0 Å². The van der Waals surface area contributed by atoms with E-state index >= 15 is 0 Å². The van der Waals surface area contributed by atoms with Gasteiger partial charge in [0.05, 0.1) is 19.9 Å². The number of rotatable bonds is 4. The lowest BCUT2D eigenvalue weighted by Crippen LogP contribution is -1.95. The monoisotopic (exact) mass is 248 g/mol. The van der Waals surface area contributed by atoms with Gasteiger partial charge in [-0.3, -0.25) is 0 Å². The molecule has 0 saturated carbocycles. The van der Waals surface area contributed by atoms with Crippen molar-refractivity contribution in [3.8, 4) is 11.5 Å².